The van der Waals surface area contributed by atoms with Gasteiger partial charge in [0.25, 0.3) is 5.91 Å². The number of aromatic nitrogens is 2. The van der Waals surface area contributed by atoms with Gasteiger partial charge in [-0.05, 0) is 19.0 Å². The maximum atomic E-state index is 12.0. The first-order chi connectivity index (χ1) is 11.8. The van der Waals surface area contributed by atoms with Gasteiger partial charge in [0.2, 0.25) is 5.01 Å². The zero-order valence-electron chi connectivity index (χ0n) is 13.5. The molecule has 126 valence electrons. The molecule has 0 fully saturated rings. The normalized spacial score (nSPS) is 13.5. The highest BCUT2D eigenvalue weighted by molar-refractivity contribution is 7.13. The quantitative estimate of drug-likeness (QED) is 0.683. The van der Waals surface area contributed by atoms with Crippen molar-refractivity contribution < 1.29 is 4.79 Å². The number of hydrogen-bond acceptors (Lipinski definition) is 7. The van der Waals surface area contributed by atoms with E-state index >= 15 is 0 Å². The van der Waals surface area contributed by atoms with Gasteiger partial charge >= 0.3 is 0 Å². The molecular formula is C16H20N6OS. The summed E-state index contributed by atoms with van der Waals surface area (Å²) in [6.07, 6.45) is 0.772. The van der Waals surface area contributed by atoms with E-state index in [0.29, 0.717) is 18.1 Å². The number of nitrogens with one attached hydrogen (secondary N) is 3. The van der Waals surface area contributed by atoms with Gasteiger partial charge in [-0.2, -0.15) is 0 Å². The number of rotatable bonds is 7. The second kappa shape index (κ2) is 7.98. The molecule has 1 amide bonds. The summed E-state index contributed by atoms with van der Waals surface area (Å²) in [5.74, 6) is 0.791. The third-order valence-electron chi connectivity index (χ3n) is 3.59. The Hall–Kier alpha value is -2.32. The molecule has 0 saturated carbocycles. The molecule has 24 heavy (non-hydrogen) atoms. The number of hydrogen-bond donors (Lipinski definition) is 3. The fraction of sp³-hybridized carbons (Fsp3) is 0.375. The summed E-state index contributed by atoms with van der Waals surface area (Å²) < 4.78 is 0. The van der Waals surface area contributed by atoms with Crippen molar-refractivity contribution in [3.63, 3.8) is 0 Å². The Balaban J connectivity index is 1.47. The highest BCUT2D eigenvalue weighted by atomic mass is 32.1. The van der Waals surface area contributed by atoms with Crippen LogP contribution >= 0.6 is 11.3 Å². The third-order valence-corrected chi connectivity index (χ3v) is 4.51. The highest BCUT2D eigenvalue weighted by Crippen LogP contribution is 2.10. The van der Waals surface area contributed by atoms with Crippen LogP contribution in [0.2, 0.25) is 0 Å². The summed E-state index contributed by atoms with van der Waals surface area (Å²) in [6.45, 7) is 2.94. The lowest BCUT2D eigenvalue weighted by Crippen LogP contribution is -2.25. The average Bonchev–Trinajstić information content (AvgIpc) is 3.27. The zero-order chi connectivity index (χ0) is 16.8. The number of benzene rings is 1. The van der Waals surface area contributed by atoms with Crippen LogP contribution in [0, 0.1) is 0 Å². The lowest BCUT2D eigenvalue weighted by molar-refractivity contribution is 0.0953. The minimum Gasteiger partial charge on any atom is -0.368 e. The lowest BCUT2D eigenvalue weighted by atomic mass is 10.1. The van der Waals surface area contributed by atoms with Crippen molar-refractivity contribution in [2.75, 3.05) is 26.7 Å². The average molecular weight is 344 g/mol. The molecular weight excluding hydrogens is 324 g/mol. The van der Waals surface area contributed by atoms with Gasteiger partial charge in [-0.15, -0.1) is 10.2 Å². The summed E-state index contributed by atoms with van der Waals surface area (Å²) in [7, 11) is 1.84. The predicted octanol–water partition coefficient (Wildman–Crippen LogP) is 0.580. The minimum absolute atomic E-state index is 0.170. The van der Waals surface area contributed by atoms with E-state index in [9.17, 15) is 4.79 Å². The van der Waals surface area contributed by atoms with Gasteiger partial charge in [0, 0.05) is 25.2 Å². The van der Waals surface area contributed by atoms with Crippen LogP contribution in [0.25, 0.3) is 0 Å². The molecule has 0 unspecified atom stereocenters. The molecule has 1 aliphatic rings. The first-order valence-corrected chi connectivity index (χ1v) is 8.71. The Morgan fingerprint density at radius 1 is 1.29 bits per heavy atom. The maximum absolute atomic E-state index is 12.0. The summed E-state index contributed by atoms with van der Waals surface area (Å²) >= 11 is 1.31. The topological polar surface area (TPSA) is 91.3 Å². The van der Waals surface area contributed by atoms with E-state index in [2.05, 4.69) is 55.4 Å². The first kappa shape index (κ1) is 16.5. The van der Waals surface area contributed by atoms with Crippen LogP contribution in [0.4, 0.5) is 0 Å². The molecule has 3 rings (SSSR count). The van der Waals surface area contributed by atoms with Crippen LogP contribution in [-0.4, -0.2) is 48.6 Å². The summed E-state index contributed by atoms with van der Waals surface area (Å²) in [6, 6.07) is 8.26. The molecule has 7 nitrogen and oxygen atoms in total. The van der Waals surface area contributed by atoms with E-state index in [1.807, 2.05) is 7.05 Å². The van der Waals surface area contributed by atoms with Crippen molar-refractivity contribution in [3.8, 4) is 0 Å². The van der Waals surface area contributed by atoms with Crippen LogP contribution in [0.3, 0.4) is 0 Å². The fourth-order valence-corrected chi connectivity index (χ4v) is 3.15. The Morgan fingerprint density at radius 2 is 2.12 bits per heavy atom. The second-order valence-electron chi connectivity index (χ2n) is 5.39. The molecule has 0 atom stereocenters. The van der Waals surface area contributed by atoms with Gasteiger partial charge in [-0.1, -0.05) is 35.6 Å². The van der Waals surface area contributed by atoms with E-state index < -0.39 is 0 Å². The van der Waals surface area contributed by atoms with E-state index in [0.717, 1.165) is 35.9 Å². The van der Waals surface area contributed by atoms with Crippen LogP contribution < -0.4 is 16.0 Å². The lowest BCUT2D eigenvalue weighted by Gasteiger charge is -2.06. The van der Waals surface area contributed by atoms with E-state index in [-0.39, 0.29) is 5.91 Å². The van der Waals surface area contributed by atoms with Crippen LogP contribution in [0.15, 0.2) is 29.3 Å². The Kier molecular flexibility index (Phi) is 5.50. The van der Waals surface area contributed by atoms with Crippen LogP contribution in [0.5, 0.6) is 0 Å². The van der Waals surface area contributed by atoms with Crippen LogP contribution in [0.1, 0.15) is 25.9 Å². The van der Waals surface area contributed by atoms with Gasteiger partial charge < -0.3 is 16.0 Å². The van der Waals surface area contributed by atoms with Crippen molar-refractivity contribution in [1.82, 2.24) is 26.1 Å². The molecule has 0 spiro atoms. The van der Waals surface area contributed by atoms with Gasteiger partial charge in [0.1, 0.15) is 10.8 Å². The van der Waals surface area contributed by atoms with Gasteiger partial charge in [0.05, 0.1) is 6.54 Å². The third kappa shape index (κ3) is 4.15. The molecule has 2 aromatic rings. The summed E-state index contributed by atoms with van der Waals surface area (Å²) in [4.78, 5) is 16.4. The molecule has 0 radical (unpaired) electrons. The Morgan fingerprint density at radius 3 is 2.83 bits per heavy atom. The fourth-order valence-electron chi connectivity index (χ4n) is 2.38. The summed E-state index contributed by atoms with van der Waals surface area (Å²) in [5.41, 5.74) is 2.27. The van der Waals surface area contributed by atoms with E-state index in [4.69, 9.17) is 0 Å². The molecule has 0 saturated heterocycles. The first-order valence-electron chi connectivity index (χ1n) is 7.89. The number of aliphatic imine (C=N–C) groups is 1. The predicted molar refractivity (Wildman–Crippen MR) is 94.6 cm³/mol. The Labute approximate surface area is 144 Å². The van der Waals surface area contributed by atoms with Crippen molar-refractivity contribution in [3.05, 3.63) is 45.4 Å². The molecule has 2 heterocycles. The highest BCUT2D eigenvalue weighted by Gasteiger charge is 2.12. The molecule has 1 aromatic carbocycles. The molecule has 8 heteroatoms. The standard InChI is InChI=1S/C16H20N6OS/c1-17-10-13-21-22-16(24-13)15(23)20-7-6-11-2-4-12(5-3-11)14-18-8-9-19-14/h2-5,17H,6-10H2,1H3,(H,18,19)(H,20,23). The smallest absolute Gasteiger partial charge is 0.282 e. The van der Waals surface area contributed by atoms with Gasteiger partial charge in [0.15, 0.2) is 0 Å². The summed E-state index contributed by atoms with van der Waals surface area (Å²) in [5, 5.41) is 18.2. The second-order valence-corrected chi connectivity index (χ2v) is 6.45. The maximum Gasteiger partial charge on any atom is 0.282 e. The largest absolute Gasteiger partial charge is 0.368 e. The SMILES string of the molecule is CNCc1nnc(C(=O)NCCc2ccc(C3=NCCN3)cc2)s1. The van der Waals surface area contributed by atoms with Gasteiger partial charge in [-0.3, -0.25) is 9.79 Å². The molecule has 1 aliphatic heterocycles. The van der Waals surface area contributed by atoms with Crippen LogP contribution in [-0.2, 0) is 13.0 Å². The van der Waals surface area contributed by atoms with E-state index in [1.54, 1.807) is 0 Å². The number of amides is 1. The molecule has 1 aromatic heterocycles. The molecule has 0 bridgehead atoms. The zero-order valence-corrected chi connectivity index (χ0v) is 14.3. The van der Waals surface area contributed by atoms with Crippen molar-refractivity contribution in [2.45, 2.75) is 13.0 Å². The van der Waals surface area contributed by atoms with Crippen molar-refractivity contribution in [1.29, 1.82) is 0 Å². The number of carbonyl (C=O) groups excluding carboxylic acids is 1. The van der Waals surface area contributed by atoms with Gasteiger partial charge in [-0.25, -0.2) is 0 Å². The van der Waals surface area contributed by atoms with Crippen molar-refractivity contribution in [2.24, 2.45) is 4.99 Å². The Bertz CT molecular complexity index is 724. The molecule has 3 N–H and O–H groups in total. The monoisotopic (exact) mass is 344 g/mol. The van der Waals surface area contributed by atoms with E-state index in [1.165, 1.54) is 16.9 Å². The van der Waals surface area contributed by atoms with Crippen molar-refractivity contribution >= 4 is 23.1 Å². The number of amidine groups is 1. The molecule has 0 aliphatic carbocycles. The number of carbonyl (C=O) groups is 1. The number of nitrogens with zero attached hydrogens (tertiary/aromatic N) is 3. The minimum atomic E-state index is -0.170.